The SMILES string of the molecule is CC(C)NCCCCCCOC1CCOCC1. The van der Waals surface area contributed by atoms with Gasteiger partial charge < -0.3 is 14.8 Å². The first-order valence-electron chi connectivity index (χ1n) is 7.22. The summed E-state index contributed by atoms with van der Waals surface area (Å²) in [6.07, 6.45) is 7.73. The maximum atomic E-state index is 5.83. The van der Waals surface area contributed by atoms with E-state index in [2.05, 4.69) is 19.2 Å². The third kappa shape index (κ3) is 8.58. The van der Waals surface area contributed by atoms with E-state index in [1.165, 1.54) is 25.7 Å². The molecule has 0 bridgehead atoms. The van der Waals surface area contributed by atoms with Crippen LogP contribution < -0.4 is 5.32 Å². The number of hydrogen-bond donors (Lipinski definition) is 1. The van der Waals surface area contributed by atoms with Gasteiger partial charge in [-0.2, -0.15) is 0 Å². The maximum Gasteiger partial charge on any atom is 0.0619 e. The lowest BCUT2D eigenvalue weighted by Crippen LogP contribution is -2.24. The zero-order chi connectivity index (χ0) is 12.3. The van der Waals surface area contributed by atoms with Gasteiger partial charge in [0.2, 0.25) is 0 Å². The topological polar surface area (TPSA) is 30.5 Å². The van der Waals surface area contributed by atoms with E-state index < -0.39 is 0 Å². The molecule has 1 rings (SSSR count). The number of rotatable bonds is 9. The molecular weight excluding hydrogens is 214 g/mol. The molecule has 1 heterocycles. The zero-order valence-electron chi connectivity index (χ0n) is 11.5. The van der Waals surface area contributed by atoms with Crippen LogP contribution in [-0.4, -0.2) is 38.5 Å². The van der Waals surface area contributed by atoms with Gasteiger partial charge in [-0.1, -0.05) is 26.7 Å². The third-order valence-electron chi connectivity index (χ3n) is 3.15. The first kappa shape index (κ1) is 14.9. The minimum Gasteiger partial charge on any atom is -0.381 e. The Labute approximate surface area is 106 Å². The second kappa shape index (κ2) is 9.86. The van der Waals surface area contributed by atoms with Crippen LogP contribution in [-0.2, 0) is 9.47 Å². The highest BCUT2D eigenvalue weighted by molar-refractivity contribution is 4.62. The molecule has 0 spiro atoms. The van der Waals surface area contributed by atoms with Crippen LogP contribution in [0.25, 0.3) is 0 Å². The molecule has 17 heavy (non-hydrogen) atoms. The smallest absolute Gasteiger partial charge is 0.0619 e. The third-order valence-corrected chi connectivity index (χ3v) is 3.15. The molecule has 0 aromatic heterocycles. The lowest BCUT2D eigenvalue weighted by molar-refractivity contribution is -0.0327. The van der Waals surface area contributed by atoms with Gasteiger partial charge in [0.05, 0.1) is 6.10 Å². The van der Waals surface area contributed by atoms with Crippen molar-refractivity contribution >= 4 is 0 Å². The van der Waals surface area contributed by atoms with Gasteiger partial charge in [0.15, 0.2) is 0 Å². The van der Waals surface area contributed by atoms with Crippen LogP contribution in [0.5, 0.6) is 0 Å². The molecule has 1 fully saturated rings. The Morgan fingerprint density at radius 2 is 1.82 bits per heavy atom. The Hall–Kier alpha value is -0.120. The Morgan fingerprint density at radius 3 is 2.53 bits per heavy atom. The molecule has 3 heteroatoms. The molecule has 0 aromatic carbocycles. The minimum absolute atomic E-state index is 0.464. The van der Waals surface area contributed by atoms with Gasteiger partial charge in [-0.25, -0.2) is 0 Å². The molecule has 1 N–H and O–H groups in total. The molecule has 0 saturated carbocycles. The summed E-state index contributed by atoms with van der Waals surface area (Å²) in [5.74, 6) is 0. The summed E-state index contributed by atoms with van der Waals surface area (Å²) in [6.45, 7) is 8.24. The summed E-state index contributed by atoms with van der Waals surface area (Å²) in [7, 11) is 0. The lowest BCUT2D eigenvalue weighted by atomic mass is 10.1. The Balaban J connectivity index is 1.78. The zero-order valence-corrected chi connectivity index (χ0v) is 11.5. The normalized spacial score (nSPS) is 17.8. The van der Waals surface area contributed by atoms with Gasteiger partial charge in [-0.15, -0.1) is 0 Å². The van der Waals surface area contributed by atoms with Crippen LogP contribution in [0.4, 0.5) is 0 Å². The summed E-state index contributed by atoms with van der Waals surface area (Å²) in [4.78, 5) is 0. The number of unbranched alkanes of at least 4 members (excludes halogenated alkanes) is 3. The van der Waals surface area contributed by atoms with Gasteiger partial charge in [-0.3, -0.25) is 0 Å². The summed E-state index contributed by atoms with van der Waals surface area (Å²) in [5, 5.41) is 3.44. The van der Waals surface area contributed by atoms with Crippen molar-refractivity contribution in [3.8, 4) is 0 Å². The van der Waals surface area contributed by atoms with E-state index in [4.69, 9.17) is 9.47 Å². The summed E-state index contributed by atoms with van der Waals surface area (Å²) < 4.78 is 11.1. The first-order chi connectivity index (χ1) is 8.29. The van der Waals surface area contributed by atoms with Crippen molar-refractivity contribution in [3.63, 3.8) is 0 Å². The fourth-order valence-electron chi connectivity index (χ4n) is 2.06. The van der Waals surface area contributed by atoms with E-state index in [-0.39, 0.29) is 0 Å². The Morgan fingerprint density at radius 1 is 1.12 bits per heavy atom. The minimum atomic E-state index is 0.464. The molecule has 1 aliphatic rings. The predicted octanol–water partition coefficient (Wildman–Crippen LogP) is 2.74. The van der Waals surface area contributed by atoms with Crippen LogP contribution in [0.3, 0.4) is 0 Å². The van der Waals surface area contributed by atoms with E-state index in [0.717, 1.165) is 39.2 Å². The molecular formula is C14H29NO2. The van der Waals surface area contributed by atoms with Gasteiger partial charge in [0.1, 0.15) is 0 Å². The molecule has 102 valence electrons. The molecule has 0 aliphatic carbocycles. The van der Waals surface area contributed by atoms with Gasteiger partial charge in [0, 0.05) is 25.9 Å². The van der Waals surface area contributed by atoms with Crippen molar-refractivity contribution in [2.75, 3.05) is 26.4 Å². The summed E-state index contributed by atoms with van der Waals surface area (Å²) in [5.41, 5.74) is 0. The van der Waals surface area contributed by atoms with E-state index in [9.17, 15) is 0 Å². The van der Waals surface area contributed by atoms with Crippen LogP contribution in [0.2, 0.25) is 0 Å². The first-order valence-corrected chi connectivity index (χ1v) is 7.22. The van der Waals surface area contributed by atoms with Crippen LogP contribution in [0, 0.1) is 0 Å². The predicted molar refractivity (Wildman–Crippen MR) is 71.4 cm³/mol. The molecule has 0 unspecified atom stereocenters. The largest absolute Gasteiger partial charge is 0.381 e. The average Bonchev–Trinajstić information content (AvgIpc) is 2.33. The molecule has 0 radical (unpaired) electrons. The Kier molecular flexibility index (Phi) is 8.67. The molecule has 1 aliphatic heterocycles. The van der Waals surface area contributed by atoms with Crippen molar-refractivity contribution in [1.82, 2.24) is 5.32 Å². The van der Waals surface area contributed by atoms with E-state index in [1.54, 1.807) is 0 Å². The van der Waals surface area contributed by atoms with Gasteiger partial charge in [-0.05, 0) is 32.2 Å². The fourth-order valence-corrected chi connectivity index (χ4v) is 2.06. The van der Waals surface area contributed by atoms with Crippen molar-refractivity contribution < 1.29 is 9.47 Å². The van der Waals surface area contributed by atoms with Crippen LogP contribution in [0.1, 0.15) is 52.4 Å². The molecule has 0 atom stereocenters. The molecule has 3 nitrogen and oxygen atoms in total. The monoisotopic (exact) mass is 243 g/mol. The van der Waals surface area contributed by atoms with Gasteiger partial charge in [0.25, 0.3) is 0 Å². The van der Waals surface area contributed by atoms with Gasteiger partial charge >= 0.3 is 0 Å². The molecule has 1 saturated heterocycles. The highest BCUT2D eigenvalue weighted by Crippen LogP contribution is 2.11. The van der Waals surface area contributed by atoms with Crippen LogP contribution in [0.15, 0.2) is 0 Å². The second-order valence-corrected chi connectivity index (χ2v) is 5.21. The quantitative estimate of drug-likeness (QED) is 0.632. The Bertz CT molecular complexity index is 168. The van der Waals surface area contributed by atoms with Crippen LogP contribution >= 0.6 is 0 Å². The molecule has 0 aromatic rings. The van der Waals surface area contributed by atoms with Crippen molar-refractivity contribution in [2.24, 2.45) is 0 Å². The van der Waals surface area contributed by atoms with E-state index >= 15 is 0 Å². The number of nitrogens with one attached hydrogen (secondary N) is 1. The second-order valence-electron chi connectivity index (χ2n) is 5.21. The number of ether oxygens (including phenoxy) is 2. The van der Waals surface area contributed by atoms with E-state index in [1.807, 2.05) is 0 Å². The lowest BCUT2D eigenvalue weighted by Gasteiger charge is -2.22. The fraction of sp³-hybridized carbons (Fsp3) is 1.00. The van der Waals surface area contributed by atoms with Crippen molar-refractivity contribution in [3.05, 3.63) is 0 Å². The van der Waals surface area contributed by atoms with Crippen molar-refractivity contribution in [1.29, 1.82) is 0 Å². The maximum absolute atomic E-state index is 5.83. The van der Waals surface area contributed by atoms with Crippen molar-refractivity contribution in [2.45, 2.75) is 64.5 Å². The highest BCUT2D eigenvalue weighted by atomic mass is 16.5. The summed E-state index contributed by atoms with van der Waals surface area (Å²) in [6, 6.07) is 0.617. The average molecular weight is 243 g/mol. The van der Waals surface area contributed by atoms with E-state index in [0.29, 0.717) is 12.1 Å². The highest BCUT2D eigenvalue weighted by Gasteiger charge is 2.13. The molecule has 0 amide bonds. The standard InChI is InChI=1S/C14H29NO2/c1-13(2)15-9-5-3-4-6-10-17-14-7-11-16-12-8-14/h13-15H,3-12H2,1-2H3. The summed E-state index contributed by atoms with van der Waals surface area (Å²) >= 11 is 0. The number of hydrogen-bond acceptors (Lipinski definition) is 3.